The fourth-order valence-corrected chi connectivity index (χ4v) is 2.01. The minimum atomic E-state index is -0.243. The van der Waals surface area contributed by atoms with Crippen LogP contribution in [0.3, 0.4) is 0 Å². The van der Waals surface area contributed by atoms with E-state index in [4.69, 9.17) is 4.74 Å². The molecule has 2 aromatic carbocycles. The van der Waals surface area contributed by atoms with Gasteiger partial charge in [-0.15, -0.1) is 0 Å². The van der Waals surface area contributed by atoms with Crippen molar-refractivity contribution in [1.29, 1.82) is 0 Å². The van der Waals surface area contributed by atoms with E-state index >= 15 is 0 Å². The Morgan fingerprint density at radius 3 is 2.52 bits per heavy atom. The second-order valence-electron chi connectivity index (χ2n) is 6.03. The maximum Gasteiger partial charge on any atom is 0.146 e. The lowest BCUT2D eigenvalue weighted by molar-refractivity contribution is 0.331. The average molecular weight is 287 g/mol. The Bertz CT molecular complexity index is 590. The van der Waals surface area contributed by atoms with Crippen LogP contribution in [0.25, 0.3) is 0 Å². The Kier molecular flexibility index (Phi) is 4.84. The summed E-state index contributed by atoms with van der Waals surface area (Å²) in [4.78, 5) is 0. The van der Waals surface area contributed by atoms with Crippen LogP contribution < -0.4 is 10.1 Å². The Morgan fingerprint density at radius 1 is 1.05 bits per heavy atom. The summed E-state index contributed by atoms with van der Waals surface area (Å²) < 4.78 is 19.1. The molecule has 0 aromatic heterocycles. The highest BCUT2D eigenvalue weighted by Gasteiger charge is 2.13. The van der Waals surface area contributed by atoms with Crippen molar-refractivity contribution in [2.24, 2.45) is 0 Å². The van der Waals surface area contributed by atoms with Crippen LogP contribution in [0, 0.1) is 5.82 Å². The van der Waals surface area contributed by atoms with Gasteiger partial charge in [0.15, 0.2) is 0 Å². The first-order chi connectivity index (χ1) is 9.97. The van der Waals surface area contributed by atoms with Crippen LogP contribution in [-0.4, -0.2) is 13.2 Å². The largest absolute Gasteiger partial charge is 0.492 e. The lowest BCUT2D eigenvalue weighted by Crippen LogP contribution is -2.14. The molecule has 0 amide bonds. The summed E-state index contributed by atoms with van der Waals surface area (Å²) in [5, 5.41) is 3.03. The van der Waals surface area contributed by atoms with Gasteiger partial charge in [-0.3, -0.25) is 0 Å². The van der Waals surface area contributed by atoms with Crippen LogP contribution in [0.5, 0.6) is 5.75 Å². The van der Waals surface area contributed by atoms with E-state index in [1.165, 1.54) is 11.6 Å². The molecule has 0 radical (unpaired) electrons. The summed E-state index contributed by atoms with van der Waals surface area (Å²) in [6, 6.07) is 14.7. The second-order valence-corrected chi connectivity index (χ2v) is 6.03. The molecule has 0 unspecified atom stereocenters. The summed E-state index contributed by atoms with van der Waals surface area (Å²) >= 11 is 0. The first-order valence-corrected chi connectivity index (χ1v) is 7.18. The van der Waals surface area contributed by atoms with Gasteiger partial charge in [-0.2, -0.15) is 0 Å². The average Bonchev–Trinajstić information content (AvgIpc) is 2.45. The van der Waals surface area contributed by atoms with Crippen molar-refractivity contribution < 1.29 is 9.13 Å². The molecule has 21 heavy (non-hydrogen) atoms. The highest BCUT2D eigenvalue weighted by atomic mass is 19.1. The lowest BCUT2D eigenvalue weighted by atomic mass is 9.87. The molecule has 2 aromatic rings. The number of rotatable bonds is 5. The molecule has 0 aliphatic heterocycles. The van der Waals surface area contributed by atoms with Gasteiger partial charge in [0.2, 0.25) is 0 Å². The molecule has 0 bridgehead atoms. The fraction of sp³-hybridized carbons (Fsp3) is 0.333. The van der Waals surface area contributed by atoms with Crippen molar-refractivity contribution in [2.45, 2.75) is 26.2 Å². The molecule has 0 atom stereocenters. The number of nitrogens with one attached hydrogen (secondary N) is 1. The van der Waals surface area contributed by atoms with Gasteiger partial charge < -0.3 is 10.1 Å². The van der Waals surface area contributed by atoms with Crippen LogP contribution in [0.1, 0.15) is 26.3 Å². The number of hydrogen-bond donors (Lipinski definition) is 1. The molecular formula is C18H22FNO. The third kappa shape index (κ3) is 4.48. The van der Waals surface area contributed by atoms with E-state index in [2.05, 4.69) is 38.2 Å². The van der Waals surface area contributed by atoms with Crippen molar-refractivity contribution in [1.82, 2.24) is 0 Å². The first-order valence-electron chi connectivity index (χ1n) is 7.18. The normalized spacial score (nSPS) is 11.2. The van der Waals surface area contributed by atoms with E-state index < -0.39 is 0 Å². The molecule has 2 rings (SSSR count). The summed E-state index contributed by atoms with van der Waals surface area (Å²) in [5.74, 6) is 0.602. The monoisotopic (exact) mass is 287 g/mol. The van der Waals surface area contributed by atoms with Crippen LogP contribution in [0.4, 0.5) is 10.1 Å². The molecule has 0 saturated carbocycles. The zero-order chi connectivity index (χ0) is 15.3. The van der Waals surface area contributed by atoms with Crippen molar-refractivity contribution in [3.8, 4) is 5.75 Å². The van der Waals surface area contributed by atoms with Crippen molar-refractivity contribution >= 4 is 5.69 Å². The van der Waals surface area contributed by atoms with E-state index in [1.807, 2.05) is 12.1 Å². The molecule has 0 fully saturated rings. The minimum Gasteiger partial charge on any atom is -0.492 e. The quantitative estimate of drug-likeness (QED) is 0.811. The number of anilines is 1. The van der Waals surface area contributed by atoms with Gasteiger partial charge in [0.25, 0.3) is 0 Å². The third-order valence-electron chi connectivity index (χ3n) is 3.26. The zero-order valence-corrected chi connectivity index (χ0v) is 12.8. The minimum absolute atomic E-state index is 0.102. The summed E-state index contributed by atoms with van der Waals surface area (Å²) in [6.45, 7) is 7.56. The molecule has 2 nitrogen and oxygen atoms in total. The Morgan fingerprint density at radius 2 is 1.81 bits per heavy atom. The Labute approximate surface area is 126 Å². The van der Waals surface area contributed by atoms with E-state index in [-0.39, 0.29) is 11.2 Å². The Hall–Kier alpha value is -2.03. The smallest absolute Gasteiger partial charge is 0.146 e. The number of para-hydroxylation sites is 1. The fourth-order valence-electron chi connectivity index (χ4n) is 2.01. The molecule has 0 aliphatic rings. The highest BCUT2D eigenvalue weighted by Crippen LogP contribution is 2.25. The number of halogens is 1. The van der Waals surface area contributed by atoms with Crippen LogP contribution in [-0.2, 0) is 5.41 Å². The van der Waals surface area contributed by atoms with Crippen molar-refractivity contribution in [3.05, 3.63) is 59.9 Å². The van der Waals surface area contributed by atoms with Gasteiger partial charge in [-0.05, 0) is 35.2 Å². The van der Waals surface area contributed by atoms with Gasteiger partial charge in [0, 0.05) is 6.54 Å². The van der Waals surface area contributed by atoms with E-state index in [0.29, 0.717) is 18.8 Å². The lowest BCUT2D eigenvalue weighted by Gasteiger charge is -2.19. The molecule has 0 aliphatic carbocycles. The molecule has 3 heteroatoms. The highest BCUT2D eigenvalue weighted by molar-refractivity contribution is 5.44. The first kappa shape index (κ1) is 15.4. The van der Waals surface area contributed by atoms with Gasteiger partial charge in [0.05, 0.1) is 5.69 Å². The van der Waals surface area contributed by atoms with Gasteiger partial charge in [0.1, 0.15) is 18.2 Å². The second kappa shape index (κ2) is 6.61. The molecule has 1 N–H and O–H groups in total. The molecule has 0 heterocycles. The molecule has 112 valence electrons. The zero-order valence-electron chi connectivity index (χ0n) is 12.8. The van der Waals surface area contributed by atoms with Gasteiger partial charge in [-0.1, -0.05) is 45.0 Å². The van der Waals surface area contributed by atoms with Crippen LogP contribution in [0.2, 0.25) is 0 Å². The summed E-state index contributed by atoms with van der Waals surface area (Å²) in [7, 11) is 0. The SMILES string of the molecule is CC(C)(C)c1cccc(OCCNc2ccccc2F)c1. The number of hydrogen-bond acceptors (Lipinski definition) is 2. The summed E-state index contributed by atoms with van der Waals surface area (Å²) in [6.07, 6.45) is 0. The summed E-state index contributed by atoms with van der Waals surface area (Å²) in [5.41, 5.74) is 1.84. The maximum atomic E-state index is 13.4. The van der Waals surface area contributed by atoms with E-state index in [0.717, 1.165) is 5.75 Å². The maximum absolute atomic E-state index is 13.4. The number of ether oxygens (including phenoxy) is 1. The number of benzene rings is 2. The van der Waals surface area contributed by atoms with E-state index in [9.17, 15) is 4.39 Å². The van der Waals surface area contributed by atoms with Crippen molar-refractivity contribution in [3.63, 3.8) is 0 Å². The van der Waals surface area contributed by atoms with Crippen LogP contribution in [0.15, 0.2) is 48.5 Å². The van der Waals surface area contributed by atoms with Gasteiger partial charge in [-0.25, -0.2) is 4.39 Å². The standard InChI is InChI=1S/C18H22FNO/c1-18(2,3)14-7-6-8-15(13-14)21-12-11-20-17-10-5-4-9-16(17)19/h4-10,13,20H,11-12H2,1-3H3. The predicted molar refractivity (Wildman–Crippen MR) is 85.5 cm³/mol. The van der Waals surface area contributed by atoms with Gasteiger partial charge >= 0.3 is 0 Å². The van der Waals surface area contributed by atoms with Crippen LogP contribution >= 0.6 is 0 Å². The van der Waals surface area contributed by atoms with Crippen molar-refractivity contribution in [2.75, 3.05) is 18.5 Å². The molecule has 0 spiro atoms. The predicted octanol–water partition coefficient (Wildman–Crippen LogP) is 4.61. The topological polar surface area (TPSA) is 21.3 Å². The third-order valence-corrected chi connectivity index (χ3v) is 3.26. The molecule has 0 saturated heterocycles. The molecular weight excluding hydrogens is 265 g/mol. The Balaban J connectivity index is 1.85. The van der Waals surface area contributed by atoms with E-state index in [1.54, 1.807) is 18.2 Å².